The number of nitrogens with one attached hydrogen (secondary N) is 1. The summed E-state index contributed by atoms with van der Waals surface area (Å²) in [6.07, 6.45) is 5.32. The van der Waals surface area contributed by atoms with Gasteiger partial charge in [0, 0.05) is 37.4 Å². The van der Waals surface area contributed by atoms with Gasteiger partial charge in [-0.1, -0.05) is 0 Å². The molecule has 2 aromatic rings. The highest BCUT2D eigenvalue weighted by molar-refractivity contribution is 5.47. The lowest BCUT2D eigenvalue weighted by Gasteiger charge is -2.20. The second kappa shape index (κ2) is 7.70. The van der Waals surface area contributed by atoms with E-state index in [1.807, 2.05) is 4.68 Å². The van der Waals surface area contributed by atoms with Crippen LogP contribution in [0.2, 0.25) is 0 Å². The molecule has 1 aliphatic heterocycles. The molecule has 2 heterocycles. The Balaban J connectivity index is 1.41. The molecule has 0 bridgehead atoms. The second-order valence-corrected chi connectivity index (χ2v) is 6.46. The van der Waals surface area contributed by atoms with E-state index >= 15 is 0 Å². The number of benzene rings is 1. The van der Waals surface area contributed by atoms with Crippen molar-refractivity contribution in [1.29, 1.82) is 0 Å². The first-order chi connectivity index (χ1) is 11.6. The Labute approximate surface area is 140 Å². The van der Waals surface area contributed by atoms with Gasteiger partial charge in [0.2, 0.25) is 0 Å². The molecule has 130 valence electrons. The van der Waals surface area contributed by atoms with Crippen LogP contribution in [0.1, 0.15) is 19.8 Å². The Morgan fingerprint density at radius 2 is 2.21 bits per heavy atom. The summed E-state index contributed by atoms with van der Waals surface area (Å²) in [5.74, 6) is -1.06. The highest BCUT2D eigenvalue weighted by Crippen LogP contribution is 2.25. The number of nitrogens with zero attached hydrogens (tertiary/aromatic N) is 4. The first kappa shape index (κ1) is 16.8. The van der Waals surface area contributed by atoms with E-state index in [-0.39, 0.29) is 0 Å². The van der Waals surface area contributed by atoms with Crippen LogP contribution in [-0.2, 0) is 6.54 Å². The molecule has 1 fully saturated rings. The van der Waals surface area contributed by atoms with Crippen LogP contribution >= 0.6 is 0 Å². The average Bonchev–Trinajstić information content (AvgIpc) is 3.25. The van der Waals surface area contributed by atoms with Crippen LogP contribution in [0.15, 0.2) is 30.9 Å². The van der Waals surface area contributed by atoms with Gasteiger partial charge < -0.3 is 10.2 Å². The minimum atomic E-state index is -0.794. The van der Waals surface area contributed by atoms with Gasteiger partial charge in [-0.3, -0.25) is 4.68 Å². The van der Waals surface area contributed by atoms with Gasteiger partial charge in [0.05, 0.1) is 0 Å². The first-order valence-electron chi connectivity index (χ1n) is 8.37. The van der Waals surface area contributed by atoms with Crippen molar-refractivity contribution in [3.05, 3.63) is 42.5 Å². The van der Waals surface area contributed by atoms with Crippen molar-refractivity contribution in [1.82, 2.24) is 20.1 Å². The lowest BCUT2D eigenvalue weighted by atomic mass is 10.1. The van der Waals surface area contributed by atoms with E-state index in [2.05, 4.69) is 27.2 Å². The van der Waals surface area contributed by atoms with Crippen LogP contribution in [0.25, 0.3) is 0 Å². The van der Waals surface area contributed by atoms with Crippen LogP contribution < -0.4 is 10.2 Å². The molecule has 0 amide bonds. The molecule has 1 N–H and O–H groups in total. The topological polar surface area (TPSA) is 46.0 Å². The van der Waals surface area contributed by atoms with Gasteiger partial charge >= 0.3 is 0 Å². The van der Waals surface area contributed by atoms with Gasteiger partial charge in [-0.05, 0) is 44.4 Å². The smallest absolute Gasteiger partial charge is 0.160 e. The lowest BCUT2D eigenvalue weighted by molar-refractivity contribution is 0.420. The number of rotatable bonds is 7. The van der Waals surface area contributed by atoms with Crippen molar-refractivity contribution < 1.29 is 8.78 Å². The number of anilines is 1. The van der Waals surface area contributed by atoms with Crippen molar-refractivity contribution in [2.24, 2.45) is 5.92 Å². The summed E-state index contributed by atoms with van der Waals surface area (Å²) >= 11 is 0. The fourth-order valence-electron chi connectivity index (χ4n) is 3.06. The lowest BCUT2D eigenvalue weighted by Crippen LogP contribution is -2.33. The van der Waals surface area contributed by atoms with Crippen molar-refractivity contribution in [2.45, 2.75) is 32.4 Å². The van der Waals surface area contributed by atoms with Crippen LogP contribution in [0.3, 0.4) is 0 Å². The molecule has 3 rings (SSSR count). The number of halogens is 2. The van der Waals surface area contributed by atoms with E-state index in [9.17, 15) is 8.78 Å². The molecule has 1 saturated heterocycles. The van der Waals surface area contributed by atoms with E-state index < -0.39 is 11.6 Å². The molecule has 7 heteroatoms. The Morgan fingerprint density at radius 3 is 2.96 bits per heavy atom. The fraction of sp³-hybridized carbons (Fsp3) is 0.529. The molecule has 24 heavy (non-hydrogen) atoms. The normalized spacial score (nSPS) is 19.0. The molecule has 2 atom stereocenters. The van der Waals surface area contributed by atoms with Crippen molar-refractivity contribution in [3.8, 4) is 0 Å². The summed E-state index contributed by atoms with van der Waals surface area (Å²) in [6, 6.07) is 4.52. The van der Waals surface area contributed by atoms with Gasteiger partial charge in [0.15, 0.2) is 11.6 Å². The van der Waals surface area contributed by atoms with Crippen LogP contribution in [0.5, 0.6) is 0 Å². The third kappa shape index (κ3) is 4.29. The predicted molar refractivity (Wildman–Crippen MR) is 88.8 cm³/mol. The van der Waals surface area contributed by atoms with Crippen LogP contribution in [0.4, 0.5) is 14.5 Å². The third-order valence-electron chi connectivity index (χ3n) is 4.57. The molecule has 5 nitrogen and oxygen atoms in total. The second-order valence-electron chi connectivity index (χ2n) is 6.46. The zero-order valence-corrected chi connectivity index (χ0v) is 13.8. The van der Waals surface area contributed by atoms with E-state index in [1.54, 1.807) is 18.7 Å². The molecule has 1 aliphatic rings. The number of hydrogen-bond acceptors (Lipinski definition) is 4. The van der Waals surface area contributed by atoms with E-state index in [0.717, 1.165) is 44.7 Å². The molecule has 0 radical (unpaired) electrons. The first-order valence-corrected chi connectivity index (χ1v) is 8.37. The summed E-state index contributed by atoms with van der Waals surface area (Å²) < 4.78 is 28.2. The van der Waals surface area contributed by atoms with E-state index in [4.69, 9.17) is 0 Å². The molecule has 1 aromatic carbocycles. The average molecular weight is 335 g/mol. The van der Waals surface area contributed by atoms with Gasteiger partial charge in [0.1, 0.15) is 12.7 Å². The molecule has 0 aliphatic carbocycles. The zero-order chi connectivity index (χ0) is 16.9. The third-order valence-corrected chi connectivity index (χ3v) is 4.57. The van der Waals surface area contributed by atoms with Crippen LogP contribution in [0, 0.1) is 17.6 Å². The van der Waals surface area contributed by atoms with E-state index in [1.165, 1.54) is 12.1 Å². The van der Waals surface area contributed by atoms with Gasteiger partial charge in [-0.2, -0.15) is 5.10 Å². The Hall–Kier alpha value is -2.02. The molecule has 0 saturated carbocycles. The molecule has 1 aromatic heterocycles. The highest BCUT2D eigenvalue weighted by Gasteiger charge is 2.23. The number of aromatic nitrogens is 3. The maximum Gasteiger partial charge on any atom is 0.160 e. The maximum atomic E-state index is 13.4. The van der Waals surface area contributed by atoms with E-state index in [0.29, 0.717) is 12.0 Å². The zero-order valence-electron chi connectivity index (χ0n) is 13.8. The summed E-state index contributed by atoms with van der Waals surface area (Å²) in [7, 11) is 0. The predicted octanol–water partition coefficient (Wildman–Crippen LogP) is 2.45. The quantitative estimate of drug-likeness (QED) is 0.844. The van der Waals surface area contributed by atoms with Crippen molar-refractivity contribution >= 4 is 5.69 Å². The van der Waals surface area contributed by atoms with Crippen molar-refractivity contribution in [3.63, 3.8) is 0 Å². The summed E-state index contributed by atoms with van der Waals surface area (Å²) in [5, 5.41) is 7.65. The molecule has 2 unspecified atom stereocenters. The Bertz CT molecular complexity index is 646. The minimum absolute atomic E-state index is 0.395. The van der Waals surface area contributed by atoms with Crippen molar-refractivity contribution in [2.75, 3.05) is 24.5 Å². The molecular weight excluding hydrogens is 312 g/mol. The highest BCUT2D eigenvalue weighted by atomic mass is 19.2. The summed E-state index contributed by atoms with van der Waals surface area (Å²) in [6.45, 7) is 5.69. The number of aryl methyl sites for hydroxylation is 1. The monoisotopic (exact) mass is 335 g/mol. The minimum Gasteiger partial charge on any atom is -0.371 e. The van der Waals surface area contributed by atoms with Gasteiger partial charge in [0.25, 0.3) is 0 Å². The molecule has 0 spiro atoms. The summed E-state index contributed by atoms with van der Waals surface area (Å²) in [4.78, 5) is 6.05. The maximum absolute atomic E-state index is 13.4. The SMILES string of the molecule is CC(CCn1cncn1)NCC1CCN(c2ccc(F)c(F)c2)C1. The fourth-order valence-corrected chi connectivity index (χ4v) is 3.06. The van der Waals surface area contributed by atoms with Crippen LogP contribution in [-0.4, -0.2) is 40.4 Å². The van der Waals surface area contributed by atoms with Gasteiger partial charge in [-0.15, -0.1) is 0 Å². The van der Waals surface area contributed by atoms with Gasteiger partial charge in [-0.25, -0.2) is 13.8 Å². The summed E-state index contributed by atoms with van der Waals surface area (Å²) in [5.41, 5.74) is 0.760. The Morgan fingerprint density at radius 1 is 1.33 bits per heavy atom. The Kier molecular flexibility index (Phi) is 5.40. The largest absolute Gasteiger partial charge is 0.371 e. The molecular formula is C17H23F2N5. The standard InChI is InChI=1S/C17H23F2N5/c1-13(4-7-24-12-20-11-22-24)21-9-14-5-6-23(10-14)15-2-3-16(18)17(19)8-15/h2-3,8,11-14,21H,4-7,9-10H2,1H3. The number of hydrogen-bond donors (Lipinski definition) is 1.